The first-order valence-electron chi connectivity index (χ1n) is 6.22. The summed E-state index contributed by atoms with van der Waals surface area (Å²) in [4.78, 5) is 0. The first kappa shape index (κ1) is 13.5. The van der Waals surface area contributed by atoms with Gasteiger partial charge < -0.3 is 5.32 Å². The molecule has 2 atom stereocenters. The number of nitrogens with zero attached hydrogens (tertiary/aromatic N) is 2. The van der Waals surface area contributed by atoms with Crippen molar-refractivity contribution >= 4 is 10.0 Å². The van der Waals surface area contributed by atoms with Gasteiger partial charge in [0.1, 0.15) is 0 Å². The van der Waals surface area contributed by atoms with Crippen LogP contribution in [0.2, 0.25) is 0 Å². The van der Waals surface area contributed by atoms with Gasteiger partial charge in [0.05, 0.1) is 6.20 Å². The van der Waals surface area contributed by atoms with Crippen molar-refractivity contribution in [1.82, 2.24) is 19.8 Å². The van der Waals surface area contributed by atoms with Gasteiger partial charge in [0.25, 0.3) is 10.0 Å². The Morgan fingerprint density at radius 2 is 2.39 bits per heavy atom. The van der Waals surface area contributed by atoms with Crippen molar-refractivity contribution in [3.8, 4) is 0 Å². The molecule has 1 aromatic heterocycles. The monoisotopic (exact) mass is 272 g/mol. The smallest absolute Gasteiger partial charge is 0.257 e. The van der Waals surface area contributed by atoms with Crippen molar-refractivity contribution in [3.05, 3.63) is 12.3 Å². The van der Waals surface area contributed by atoms with Crippen LogP contribution in [-0.4, -0.2) is 37.3 Å². The molecule has 18 heavy (non-hydrogen) atoms. The van der Waals surface area contributed by atoms with Gasteiger partial charge in [-0.05, 0) is 44.8 Å². The molecule has 0 aliphatic carbocycles. The number of hydrogen-bond acceptors (Lipinski definition) is 4. The van der Waals surface area contributed by atoms with E-state index in [-0.39, 0.29) is 11.1 Å². The van der Waals surface area contributed by atoms with E-state index in [4.69, 9.17) is 0 Å². The summed E-state index contributed by atoms with van der Waals surface area (Å²) in [6.07, 6.45) is 3.64. The lowest BCUT2D eigenvalue weighted by Crippen LogP contribution is -2.44. The van der Waals surface area contributed by atoms with E-state index in [0.29, 0.717) is 5.92 Å². The Morgan fingerprint density at radius 1 is 1.61 bits per heavy atom. The van der Waals surface area contributed by atoms with Crippen molar-refractivity contribution in [3.63, 3.8) is 0 Å². The predicted molar refractivity (Wildman–Crippen MR) is 68.6 cm³/mol. The highest BCUT2D eigenvalue weighted by atomic mass is 32.2. The minimum atomic E-state index is -3.47. The van der Waals surface area contributed by atoms with E-state index in [1.807, 2.05) is 6.92 Å². The third-order valence-electron chi connectivity index (χ3n) is 3.43. The fourth-order valence-electron chi connectivity index (χ4n) is 2.33. The predicted octanol–water partition coefficient (Wildman–Crippen LogP) is 0.0865. The van der Waals surface area contributed by atoms with E-state index in [9.17, 15) is 8.42 Å². The summed E-state index contributed by atoms with van der Waals surface area (Å²) in [5.74, 6) is 0.349. The van der Waals surface area contributed by atoms with Gasteiger partial charge in [-0.25, -0.2) is 13.1 Å². The number of hydrogen-bond donors (Lipinski definition) is 2. The molecule has 0 bridgehead atoms. The molecule has 6 nitrogen and oxygen atoms in total. The summed E-state index contributed by atoms with van der Waals surface area (Å²) < 4.78 is 28.5. The van der Waals surface area contributed by atoms with Gasteiger partial charge in [-0.2, -0.15) is 5.10 Å². The average molecular weight is 272 g/mol. The molecule has 2 rings (SSSR count). The van der Waals surface area contributed by atoms with Crippen molar-refractivity contribution in [2.24, 2.45) is 13.0 Å². The molecule has 0 amide bonds. The zero-order valence-electron chi connectivity index (χ0n) is 10.8. The summed E-state index contributed by atoms with van der Waals surface area (Å²) in [5, 5.41) is 7.39. The third-order valence-corrected chi connectivity index (χ3v) is 5.07. The van der Waals surface area contributed by atoms with Gasteiger partial charge in [0.2, 0.25) is 0 Å². The Balaban J connectivity index is 2.06. The van der Waals surface area contributed by atoms with Crippen LogP contribution >= 0.6 is 0 Å². The summed E-state index contributed by atoms with van der Waals surface area (Å²) in [7, 11) is -1.85. The molecule has 1 aliphatic heterocycles. The zero-order chi connectivity index (χ0) is 13.2. The highest BCUT2D eigenvalue weighted by Gasteiger charge is 2.26. The normalized spacial score (nSPS) is 22.9. The fourth-order valence-corrected chi connectivity index (χ4v) is 3.77. The van der Waals surface area contributed by atoms with Gasteiger partial charge in [-0.3, -0.25) is 4.68 Å². The molecule has 0 aromatic carbocycles. The van der Waals surface area contributed by atoms with Crippen molar-refractivity contribution < 1.29 is 8.42 Å². The van der Waals surface area contributed by atoms with Crippen molar-refractivity contribution in [1.29, 1.82) is 0 Å². The highest BCUT2D eigenvalue weighted by molar-refractivity contribution is 7.89. The Bertz CT molecular complexity index is 491. The SMILES string of the molecule is CC(NS(=O)(=O)c1ccnn1C)C1CCCNC1. The summed E-state index contributed by atoms with van der Waals surface area (Å²) in [6, 6.07) is 1.44. The quantitative estimate of drug-likeness (QED) is 0.814. The van der Waals surface area contributed by atoms with Gasteiger partial charge in [-0.15, -0.1) is 0 Å². The maximum atomic E-state index is 12.2. The van der Waals surface area contributed by atoms with E-state index >= 15 is 0 Å². The second kappa shape index (κ2) is 5.38. The van der Waals surface area contributed by atoms with Crippen LogP contribution < -0.4 is 10.0 Å². The van der Waals surface area contributed by atoms with Crippen LogP contribution in [-0.2, 0) is 17.1 Å². The Kier molecular flexibility index (Phi) is 4.04. The fraction of sp³-hybridized carbons (Fsp3) is 0.727. The van der Waals surface area contributed by atoms with Crippen LogP contribution in [0.3, 0.4) is 0 Å². The molecule has 2 heterocycles. The highest BCUT2D eigenvalue weighted by Crippen LogP contribution is 2.16. The Morgan fingerprint density at radius 3 is 2.94 bits per heavy atom. The summed E-state index contributed by atoms with van der Waals surface area (Å²) in [5.41, 5.74) is 0. The molecular weight excluding hydrogens is 252 g/mol. The van der Waals surface area contributed by atoms with E-state index < -0.39 is 10.0 Å². The maximum Gasteiger partial charge on any atom is 0.257 e. The van der Waals surface area contributed by atoms with E-state index in [0.717, 1.165) is 25.9 Å². The number of sulfonamides is 1. The molecule has 1 fully saturated rings. The topological polar surface area (TPSA) is 76.0 Å². The van der Waals surface area contributed by atoms with Crippen LogP contribution in [0, 0.1) is 5.92 Å². The molecule has 0 spiro atoms. The van der Waals surface area contributed by atoms with Crippen LogP contribution in [0.25, 0.3) is 0 Å². The lowest BCUT2D eigenvalue weighted by atomic mass is 9.94. The van der Waals surface area contributed by atoms with Gasteiger partial charge in [0, 0.05) is 13.1 Å². The third kappa shape index (κ3) is 2.90. The maximum absolute atomic E-state index is 12.2. The summed E-state index contributed by atoms with van der Waals surface area (Å²) >= 11 is 0. The van der Waals surface area contributed by atoms with Crippen LogP contribution in [0.5, 0.6) is 0 Å². The van der Waals surface area contributed by atoms with E-state index in [2.05, 4.69) is 15.1 Å². The number of aryl methyl sites for hydroxylation is 1. The number of piperidine rings is 1. The van der Waals surface area contributed by atoms with E-state index in [1.54, 1.807) is 7.05 Å². The molecule has 1 saturated heterocycles. The van der Waals surface area contributed by atoms with Gasteiger partial charge in [0.15, 0.2) is 5.03 Å². The first-order chi connectivity index (χ1) is 8.50. The second-order valence-electron chi connectivity index (χ2n) is 4.81. The standard InChI is InChI=1S/C11H20N4O2S/c1-9(10-4-3-6-12-8-10)14-18(16,17)11-5-7-13-15(11)2/h5,7,9-10,12,14H,3-4,6,8H2,1-2H3. The van der Waals surface area contributed by atoms with Crippen LogP contribution in [0.4, 0.5) is 0 Å². The average Bonchev–Trinajstić information content (AvgIpc) is 2.77. The minimum Gasteiger partial charge on any atom is -0.316 e. The molecule has 1 aliphatic rings. The number of rotatable bonds is 4. The zero-order valence-corrected chi connectivity index (χ0v) is 11.6. The van der Waals surface area contributed by atoms with E-state index in [1.165, 1.54) is 16.9 Å². The lowest BCUT2D eigenvalue weighted by molar-refractivity contribution is 0.320. The van der Waals surface area contributed by atoms with Gasteiger partial charge >= 0.3 is 0 Å². The second-order valence-corrected chi connectivity index (χ2v) is 6.47. The van der Waals surface area contributed by atoms with Crippen molar-refractivity contribution in [2.45, 2.75) is 30.8 Å². The first-order valence-corrected chi connectivity index (χ1v) is 7.70. The molecule has 2 N–H and O–H groups in total. The number of aromatic nitrogens is 2. The van der Waals surface area contributed by atoms with Gasteiger partial charge in [-0.1, -0.05) is 0 Å². The molecular formula is C11H20N4O2S. The molecule has 7 heteroatoms. The van der Waals surface area contributed by atoms with Crippen LogP contribution in [0.15, 0.2) is 17.3 Å². The molecule has 0 radical (unpaired) electrons. The Hall–Kier alpha value is -0.920. The summed E-state index contributed by atoms with van der Waals surface area (Å²) in [6.45, 7) is 3.82. The largest absolute Gasteiger partial charge is 0.316 e. The van der Waals surface area contributed by atoms with Crippen molar-refractivity contribution in [2.75, 3.05) is 13.1 Å². The molecule has 0 saturated carbocycles. The Labute approximate surface area is 108 Å². The molecule has 2 unspecified atom stereocenters. The number of nitrogens with one attached hydrogen (secondary N) is 2. The minimum absolute atomic E-state index is 0.0716. The molecule has 102 valence electrons. The van der Waals surface area contributed by atoms with Crippen LogP contribution in [0.1, 0.15) is 19.8 Å². The molecule has 1 aromatic rings. The lowest BCUT2D eigenvalue weighted by Gasteiger charge is -2.28.